The third-order valence-electron chi connectivity index (χ3n) is 1.49. The van der Waals surface area contributed by atoms with Crippen LogP contribution in [-0.4, -0.2) is 16.7 Å². The summed E-state index contributed by atoms with van der Waals surface area (Å²) in [4.78, 5) is 3.92. The minimum Gasteiger partial charge on any atom is -0.394 e. The van der Waals surface area contributed by atoms with Gasteiger partial charge in [-0.2, -0.15) is 5.26 Å². The van der Waals surface area contributed by atoms with Crippen molar-refractivity contribution in [3.63, 3.8) is 0 Å². The Hall–Kier alpha value is -1.44. The van der Waals surface area contributed by atoms with E-state index in [-0.39, 0.29) is 6.61 Å². The molecule has 0 bridgehead atoms. The molecule has 0 saturated heterocycles. The number of aliphatic hydroxyl groups excluding tert-OH is 1. The zero-order chi connectivity index (χ0) is 8.97. The topological polar surface area (TPSA) is 82.9 Å². The molecule has 0 aromatic carbocycles. The first-order valence-electron chi connectivity index (χ1n) is 3.50. The summed E-state index contributed by atoms with van der Waals surface area (Å²) in [6.07, 6.45) is 1.50. The molecule has 0 spiro atoms. The van der Waals surface area contributed by atoms with Gasteiger partial charge in [-0.15, -0.1) is 0 Å². The molecule has 0 aliphatic carbocycles. The molecule has 1 aromatic rings. The van der Waals surface area contributed by atoms with Gasteiger partial charge in [-0.25, -0.2) is 0 Å². The number of pyridine rings is 1. The lowest BCUT2D eigenvalue weighted by atomic mass is 10.1. The van der Waals surface area contributed by atoms with E-state index in [9.17, 15) is 0 Å². The molecule has 62 valence electrons. The highest BCUT2D eigenvalue weighted by Gasteiger charge is 2.05. The van der Waals surface area contributed by atoms with Crippen LogP contribution in [0.1, 0.15) is 17.3 Å². The number of nitriles is 1. The molecule has 12 heavy (non-hydrogen) atoms. The Morgan fingerprint density at radius 3 is 3.08 bits per heavy atom. The fourth-order valence-corrected chi connectivity index (χ4v) is 0.814. The minimum atomic E-state index is -0.502. The summed E-state index contributed by atoms with van der Waals surface area (Å²) < 4.78 is 0. The second-order valence-corrected chi connectivity index (χ2v) is 2.37. The molecule has 1 rings (SSSR count). The molecule has 0 radical (unpaired) electrons. The van der Waals surface area contributed by atoms with E-state index in [1.807, 2.05) is 6.07 Å². The summed E-state index contributed by atoms with van der Waals surface area (Å²) >= 11 is 0. The maximum atomic E-state index is 8.70. The lowest BCUT2D eigenvalue weighted by Gasteiger charge is -2.06. The van der Waals surface area contributed by atoms with Crippen molar-refractivity contribution >= 4 is 0 Å². The van der Waals surface area contributed by atoms with Crippen molar-refractivity contribution in [2.75, 3.05) is 6.61 Å². The van der Waals surface area contributed by atoms with Gasteiger partial charge < -0.3 is 10.8 Å². The minimum absolute atomic E-state index is 0.165. The predicted octanol–water partition coefficient (Wildman–Crippen LogP) is -0.0546. The first-order chi connectivity index (χ1) is 5.77. The number of nitrogens with zero attached hydrogens (tertiary/aromatic N) is 2. The number of hydrogen-bond donors (Lipinski definition) is 2. The van der Waals surface area contributed by atoms with Gasteiger partial charge in [0.25, 0.3) is 0 Å². The van der Waals surface area contributed by atoms with Crippen LogP contribution in [0.3, 0.4) is 0 Å². The third kappa shape index (κ3) is 1.78. The van der Waals surface area contributed by atoms with E-state index in [2.05, 4.69) is 4.98 Å². The summed E-state index contributed by atoms with van der Waals surface area (Å²) in [5.41, 5.74) is 6.54. The summed E-state index contributed by atoms with van der Waals surface area (Å²) in [7, 11) is 0. The highest BCUT2D eigenvalue weighted by atomic mass is 16.3. The molecule has 0 unspecified atom stereocenters. The van der Waals surface area contributed by atoms with Crippen LogP contribution in [0.25, 0.3) is 0 Å². The summed E-state index contributed by atoms with van der Waals surface area (Å²) in [5, 5.41) is 17.2. The maximum absolute atomic E-state index is 8.70. The van der Waals surface area contributed by atoms with Crippen molar-refractivity contribution in [3.8, 4) is 6.07 Å². The van der Waals surface area contributed by atoms with Gasteiger partial charge in [-0.05, 0) is 12.1 Å². The molecular weight excluding hydrogens is 154 g/mol. The first kappa shape index (κ1) is 8.65. The van der Waals surface area contributed by atoms with E-state index >= 15 is 0 Å². The number of hydrogen-bond acceptors (Lipinski definition) is 4. The molecule has 1 aromatic heterocycles. The van der Waals surface area contributed by atoms with Crippen LogP contribution in [-0.2, 0) is 0 Å². The molecule has 1 heterocycles. The van der Waals surface area contributed by atoms with Crippen LogP contribution < -0.4 is 5.73 Å². The molecule has 1 atom stereocenters. The second-order valence-electron chi connectivity index (χ2n) is 2.37. The predicted molar refractivity (Wildman–Crippen MR) is 43.0 cm³/mol. The largest absolute Gasteiger partial charge is 0.394 e. The van der Waals surface area contributed by atoms with Gasteiger partial charge >= 0.3 is 0 Å². The molecule has 0 fully saturated rings. The van der Waals surface area contributed by atoms with Crippen molar-refractivity contribution in [1.29, 1.82) is 5.26 Å². The van der Waals surface area contributed by atoms with Crippen molar-refractivity contribution in [1.82, 2.24) is 4.98 Å². The normalized spacial score (nSPS) is 12.1. The van der Waals surface area contributed by atoms with Gasteiger partial charge in [0.2, 0.25) is 0 Å². The average molecular weight is 163 g/mol. The molecule has 4 heteroatoms. The van der Waals surface area contributed by atoms with E-state index in [1.54, 1.807) is 12.1 Å². The Kier molecular flexibility index (Phi) is 2.75. The zero-order valence-corrected chi connectivity index (χ0v) is 6.44. The van der Waals surface area contributed by atoms with Crippen molar-refractivity contribution < 1.29 is 5.11 Å². The molecule has 0 aliphatic rings. The molecule has 0 aliphatic heterocycles. The van der Waals surface area contributed by atoms with E-state index in [0.29, 0.717) is 11.3 Å². The Labute approximate surface area is 70.3 Å². The maximum Gasteiger partial charge on any atom is 0.0992 e. The fraction of sp³-hybridized carbons (Fsp3) is 0.250. The molecule has 0 saturated carbocycles. The van der Waals surface area contributed by atoms with Crippen LogP contribution in [0.4, 0.5) is 0 Å². The SMILES string of the molecule is N#Cc1ccnc([C@@H](N)CO)c1. The average Bonchev–Trinajstić information content (AvgIpc) is 2.17. The summed E-state index contributed by atoms with van der Waals surface area (Å²) in [6, 6.07) is 4.63. The Morgan fingerprint density at radius 2 is 2.50 bits per heavy atom. The Balaban J connectivity index is 2.95. The van der Waals surface area contributed by atoms with E-state index in [0.717, 1.165) is 0 Å². The van der Waals surface area contributed by atoms with Crippen LogP contribution in [0.2, 0.25) is 0 Å². The molecule has 0 amide bonds. The zero-order valence-electron chi connectivity index (χ0n) is 6.44. The second kappa shape index (κ2) is 3.81. The van der Waals surface area contributed by atoms with Gasteiger partial charge in [0.1, 0.15) is 0 Å². The van der Waals surface area contributed by atoms with Gasteiger partial charge in [-0.3, -0.25) is 4.98 Å². The van der Waals surface area contributed by atoms with Crippen LogP contribution in [0, 0.1) is 11.3 Å². The fourth-order valence-electron chi connectivity index (χ4n) is 0.814. The van der Waals surface area contributed by atoms with Crippen molar-refractivity contribution in [2.24, 2.45) is 5.73 Å². The van der Waals surface area contributed by atoms with Crippen molar-refractivity contribution in [2.45, 2.75) is 6.04 Å². The number of aromatic nitrogens is 1. The number of rotatable bonds is 2. The summed E-state index contributed by atoms with van der Waals surface area (Å²) in [6.45, 7) is -0.165. The number of nitrogens with two attached hydrogens (primary N) is 1. The van der Waals surface area contributed by atoms with Gasteiger partial charge in [0, 0.05) is 6.20 Å². The number of aliphatic hydroxyl groups is 1. The third-order valence-corrected chi connectivity index (χ3v) is 1.49. The van der Waals surface area contributed by atoms with Crippen LogP contribution in [0.15, 0.2) is 18.3 Å². The van der Waals surface area contributed by atoms with Crippen LogP contribution >= 0.6 is 0 Å². The standard InChI is InChI=1S/C8H9N3O/c9-4-6-1-2-11-8(3-6)7(10)5-12/h1-3,7,12H,5,10H2/t7-/m0/s1. The summed E-state index contributed by atoms with van der Waals surface area (Å²) in [5.74, 6) is 0. The Morgan fingerprint density at radius 1 is 1.75 bits per heavy atom. The van der Waals surface area contributed by atoms with Crippen molar-refractivity contribution in [3.05, 3.63) is 29.6 Å². The highest BCUT2D eigenvalue weighted by Crippen LogP contribution is 2.07. The quantitative estimate of drug-likeness (QED) is 0.640. The Bertz CT molecular complexity index is 305. The molecular formula is C8H9N3O. The highest BCUT2D eigenvalue weighted by molar-refractivity contribution is 5.29. The molecule has 4 nitrogen and oxygen atoms in total. The lowest BCUT2D eigenvalue weighted by molar-refractivity contribution is 0.266. The van der Waals surface area contributed by atoms with Gasteiger partial charge in [0.05, 0.1) is 30.0 Å². The van der Waals surface area contributed by atoms with E-state index < -0.39 is 6.04 Å². The van der Waals surface area contributed by atoms with Crippen LogP contribution in [0.5, 0.6) is 0 Å². The van der Waals surface area contributed by atoms with Gasteiger partial charge in [-0.1, -0.05) is 0 Å². The monoisotopic (exact) mass is 163 g/mol. The first-order valence-corrected chi connectivity index (χ1v) is 3.50. The van der Waals surface area contributed by atoms with E-state index in [4.69, 9.17) is 16.1 Å². The lowest BCUT2D eigenvalue weighted by Crippen LogP contribution is -2.15. The van der Waals surface area contributed by atoms with E-state index in [1.165, 1.54) is 6.20 Å². The smallest absolute Gasteiger partial charge is 0.0992 e. The molecule has 3 N–H and O–H groups in total. The van der Waals surface area contributed by atoms with Gasteiger partial charge in [0.15, 0.2) is 0 Å².